The standard InChI is InChI=1S/C21H26N6O2.C19H25FN6O2/c1-23-20(28)26-9-3-5-17(13-26)27(16-7-8-16)21(29)24-12-15-10-18-14(11-22)4-2-6-19(18)25-15;1-21-18(27)25-8-2-3-14(11-25)26(13-5-6-13)19(28)22-10-17-15-7-4-12(20)9-16(15)23-24-17/h2,4,6,10,16-17,25H,3,5,7-9,12-13H2,1H3,(H,23,28)(H,24,29);4,7,9,13-14H,2-3,5-6,8,10-11H2,1H3,(H,21,27)(H,22,28)(H,23,24)/t17-;14-/m11/s1. The van der Waals surface area contributed by atoms with Gasteiger partial charge in [0.15, 0.2) is 0 Å². The molecule has 2 saturated carbocycles. The molecule has 2 aromatic carbocycles. The number of nitriles is 1. The minimum absolute atomic E-state index is 0.0196. The van der Waals surface area contributed by atoms with E-state index in [1.807, 2.05) is 28.0 Å². The Morgan fingerprint density at radius 1 is 0.807 bits per heavy atom. The molecule has 57 heavy (non-hydrogen) atoms. The number of rotatable bonds is 8. The van der Waals surface area contributed by atoms with Gasteiger partial charge in [0.1, 0.15) is 5.82 Å². The van der Waals surface area contributed by atoms with E-state index >= 15 is 0 Å². The van der Waals surface area contributed by atoms with Gasteiger partial charge in [0, 0.05) is 80.4 Å². The van der Waals surface area contributed by atoms with Crippen molar-refractivity contribution in [3.05, 3.63) is 65.2 Å². The molecule has 0 spiro atoms. The molecular formula is C40H51FN12O4. The van der Waals surface area contributed by atoms with Crippen molar-refractivity contribution in [1.29, 1.82) is 5.26 Å². The van der Waals surface area contributed by atoms with Crippen molar-refractivity contribution in [2.24, 2.45) is 0 Å². The van der Waals surface area contributed by atoms with Crippen LogP contribution in [0.5, 0.6) is 0 Å². The number of H-pyrrole nitrogens is 2. The van der Waals surface area contributed by atoms with Gasteiger partial charge < -0.3 is 45.9 Å². The lowest BCUT2D eigenvalue weighted by Crippen LogP contribution is -2.56. The van der Waals surface area contributed by atoms with E-state index in [-0.39, 0.29) is 60.7 Å². The van der Waals surface area contributed by atoms with Crippen molar-refractivity contribution in [3.63, 3.8) is 0 Å². The Kier molecular flexibility index (Phi) is 12.0. The molecular weight excluding hydrogens is 732 g/mol. The lowest BCUT2D eigenvalue weighted by atomic mass is 10.0. The molecule has 2 aliphatic carbocycles. The number of aromatic nitrogens is 3. The number of urea groups is 4. The van der Waals surface area contributed by atoms with E-state index in [9.17, 15) is 28.8 Å². The number of aromatic amines is 2. The van der Waals surface area contributed by atoms with E-state index in [1.54, 1.807) is 36.0 Å². The third-order valence-corrected chi connectivity index (χ3v) is 11.2. The number of fused-ring (bicyclic) bond motifs is 2. The molecule has 2 aromatic heterocycles. The van der Waals surface area contributed by atoms with Gasteiger partial charge in [-0.3, -0.25) is 5.10 Å². The van der Waals surface area contributed by atoms with Gasteiger partial charge in [-0.1, -0.05) is 6.07 Å². The number of hydrogen-bond acceptors (Lipinski definition) is 6. The van der Waals surface area contributed by atoms with E-state index in [0.29, 0.717) is 37.3 Å². The summed E-state index contributed by atoms with van der Waals surface area (Å²) in [6, 6.07) is 14.2. The van der Waals surface area contributed by atoms with Gasteiger partial charge in [-0.15, -0.1) is 0 Å². The van der Waals surface area contributed by atoms with E-state index in [2.05, 4.69) is 42.5 Å². The van der Waals surface area contributed by atoms with E-state index in [1.165, 1.54) is 12.1 Å². The van der Waals surface area contributed by atoms with Crippen molar-refractivity contribution < 1.29 is 23.6 Å². The minimum Gasteiger partial charge on any atom is -0.357 e. The number of amides is 8. The second-order valence-electron chi connectivity index (χ2n) is 15.2. The first kappa shape index (κ1) is 39.2. The summed E-state index contributed by atoms with van der Waals surface area (Å²) in [5, 5.41) is 29.2. The molecule has 16 nitrogen and oxygen atoms in total. The third kappa shape index (κ3) is 9.16. The first-order valence-corrected chi connectivity index (χ1v) is 19.9. The molecule has 8 amide bonds. The minimum atomic E-state index is -0.340. The molecule has 0 bridgehead atoms. The fraction of sp³-hybridized carbons (Fsp3) is 0.500. The average molecular weight is 783 g/mol. The second kappa shape index (κ2) is 17.4. The molecule has 4 aliphatic rings. The highest BCUT2D eigenvalue weighted by Gasteiger charge is 2.41. The predicted molar refractivity (Wildman–Crippen MR) is 211 cm³/mol. The molecule has 0 radical (unpaired) electrons. The van der Waals surface area contributed by atoms with Crippen molar-refractivity contribution in [3.8, 4) is 6.07 Å². The monoisotopic (exact) mass is 782 g/mol. The Morgan fingerprint density at radius 2 is 1.40 bits per heavy atom. The molecule has 6 N–H and O–H groups in total. The van der Waals surface area contributed by atoms with Gasteiger partial charge in [-0.2, -0.15) is 10.4 Å². The maximum absolute atomic E-state index is 13.3. The Hall–Kier alpha value is -6.05. The second-order valence-corrected chi connectivity index (χ2v) is 15.2. The average Bonchev–Trinajstić information content (AvgIpc) is 4.17. The summed E-state index contributed by atoms with van der Waals surface area (Å²) in [6.07, 6.45) is 7.60. The molecule has 4 heterocycles. The number of carbonyl (C=O) groups excluding carboxylic acids is 4. The summed E-state index contributed by atoms with van der Waals surface area (Å²) in [5.41, 5.74) is 3.65. The first-order valence-electron chi connectivity index (χ1n) is 19.9. The van der Waals surface area contributed by atoms with E-state index in [4.69, 9.17) is 0 Å². The fourth-order valence-corrected chi connectivity index (χ4v) is 8.11. The van der Waals surface area contributed by atoms with Crippen LogP contribution < -0.4 is 21.3 Å². The van der Waals surface area contributed by atoms with Gasteiger partial charge in [-0.05, 0) is 81.7 Å². The van der Waals surface area contributed by atoms with Crippen LogP contribution in [0, 0.1) is 17.1 Å². The lowest BCUT2D eigenvalue weighted by molar-refractivity contribution is 0.116. The lowest BCUT2D eigenvalue weighted by Gasteiger charge is -2.39. The smallest absolute Gasteiger partial charge is 0.318 e. The van der Waals surface area contributed by atoms with Gasteiger partial charge >= 0.3 is 24.1 Å². The number of hydrogen-bond donors (Lipinski definition) is 6. The number of nitrogens with zero attached hydrogens (tertiary/aromatic N) is 6. The predicted octanol–water partition coefficient (Wildman–Crippen LogP) is 4.70. The molecule has 302 valence electrons. The number of halogens is 1. The zero-order valence-electron chi connectivity index (χ0n) is 32.4. The summed E-state index contributed by atoms with van der Waals surface area (Å²) >= 11 is 0. The molecule has 4 aromatic rings. The largest absolute Gasteiger partial charge is 0.357 e. The van der Waals surface area contributed by atoms with Crippen molar-refractivity contribution in [2.75, 3.05) is 40.3 Å². The van der Waals surface area contributed by atoms with Crippen LogP contribution in [0.3, 0.4) is 0 Å². The molecule has 2 saturated heterocycles. The Labute approximate surface area is 330 Å². The Balaban J connectivity index is 0.000000174. The highest BCUT2D eigenvalue weighted by Crippen LogP contribution is 2.33. The van der Waals surface area contributed by atoms with Crippen LogP contribution in [0.4, 0.5) is 23.6 Å². The molecule has 17 heteroatoms. The van der Waals surface area contributed by atoms with Crippen LogP contribution in [0.15, 0.2) is 42.5 Å². The maximum atomic E-state index is 13.3. The van der Waals surface area contributed by atoms with Crippen LogP contribution in [-0.2, 0) is 13.1 Å². The van der Waals surface area contributed by atoms with Crippen LogP contribution in [-0.4, -0.2) is 123 Å². The summed E-state index contributed by atoms with van der Waals surface area (Å²) in [5.74, 6) is -0.340. The summed E-state index contributed by atoms with van der Waals surface area (Å²) < 4.78 is 13.3. The number of likely N-dealkylation sites (tertiary alicyclic amines) is 2. The van der Waals surface area contributed by atoms with Gasteiger partial charge in [0.25, 0.3) is 0 Å². The molecule has 0 unspecified atom stereocenters. The summed E-state index contributed by atoms with van der Waals surface area (Å²) in [6.45, 7) is 3.22. The van der Waals surface area contributed by atoms with Crippen molar-refractivity contribution >= 4 is 45.9 Å². The highest BCUT2D eigenvalue weighted by molar-refractivity contribution is 5.86. The summed E-state index contributed by atoms with van der Waals surface area (Å²) in [7, 11) is 3.26. The van der Waals surface area contributed by atoms with Crippen LogP contribution in [0.2, 0.25) is 0 Å². The molecule has 2 aliphatic heterocycles. The molecule has 2 atom stereocenters. The van der Waals surface area contributed by atoms with Crippen LogP contribution >= 0.6 is 0 Å². The SMILES string of the molecule is CNC(=O)N1CCC[C@@H](N(C(=O)NCc2[nH]nc3cc(F)ccc23)C2CC2)C1.CNC(=O)N1CCC[C@@H](N(C(=O)NCc2cc3c(C#N)cccc3[nH]2)C2CC2)C1. The number of piperidine rings is 2. The van der Waals surface area contributed by atoms with Crippen LogP contribution in [0.25, 0.3) is 21.8 Å². The van der Waals surface area contributed by atoms with Crippen molar-refractivity contribution in [2.45, 2.75) is 88.6 Å². The summed E-state index contributed by atoms with van der Waals surface area (Å²) in [4.78, 5) is 60.6. The fourth-order valence-electron chi connectivity index (χ4n) is 8.11. The number of carbonyl (C=O) groups is 4. The zero-order chi connectivity index (χ0) is 40.1. The van der Waals surface area contributed by atoms with E-state index < -0.39 is 0 Å². The highest BCUT2D eigenvalue weighted by atomic mass is 19.1. The van der Waals surface area contributed by atoms with Gasteiger partial charge in [0.05, 0.1) is 48.0 Å². The topological polar surface area (TPSA) is 198 Å². The van der Waals surface area contributed by atoms with Gasteiger partial charge in [0.2, 0.25) is 0 Å². The van der Waals surface area contributed by atoms with Crippen molar-refractivity contribution in [1.82, 2.24) is 56.0 Å². The van der Waals surface area contributed by atoms with Crippen LogP contribution in [0.1, 0.15) is 68.3 Å². The normalized spacial score (nSPS) is 19.2. The third-order valence-electron chi connectivity index (χ3n) is 11.2. The quantitative estimate of drug-likeness (QED) is 0.150. The van der Waals surface area contributed by atoms with E-state index in [0.717, 1.165) is 85.6 Å². The first-order chi connectivity index (χ1) is 27.7. The zero-order valence-corrected chi connectivity index (χ0v) is 32.4. The number of benzene rings is 2. The maximum Gasteiger partial charge on any atom is 0.318 e. The molecule has 8 rings (SSSR count). The number of nitrogens with one attached hydrogen (secondary N) is 6. The van der Waals surface area contributed by atoms with Gasteiger partial charge in [-0.25, -0.2) is 23.6 Å². The Bertz CT molecular complexity index is 2140. The molecule has 4 fully saturated rings. The Morgan fingerprint density at radius 3 is 1.96 bits per heavy atom.